The maximum absolute atomic E-state index is 10.4. The van der Waals surface area contributed by atoms with Crippen molar-refractivity contribution in [3.63, 3.8) is 0 Å². The molecule has 3 rings (SSSR count). The number of nitrogens with zero attached hydrogens (tertiary/aromatic N) is 1. The van der Waals surface area contributed by atoms with Crippen LogP contribution in [0.2, 0.25) is 0 Å². The Labute approximate surface area is 154 Å². The van der Waals surface area contributed by atoms with Crippen LogP contribution < -0.4 is 5.73 Å². The molecule has 0 amide bonds. The largest absolute Gasteiger partial charge is 0.507 e. The summed E-state index contributed by atoms with van der Waals surface area (Å²) in [6, 6.07) is 17.1. The van der Waals surface area contributed by atoms with Gasteiger partial charge in [0.25, 0.3) is 0 Å². The van der Waals surface area contributed by atoms with Gasteiger partial charge in [-0.25, -0.2) is 4.99 Å². The van der Waals surface area contributed by atoms with Crippen LogP contribution in [0.4, 0.5) is 11.4 Å². The standard InChI is InChI=1S/C23H24N2O/c1-14-15(2)17(4)22(21(24)16(14)3)25-23(18-10-6-5-7-11-18)19-12-8-9-13-20(19)26/h5-13,26H,24H2,1-4H3. The number of nitrogen functional groups attached to an aromatic ring is 1. The Bertz CT molecular complexity index is 960. The number of anilines is 1. The van der Waals surface area contributed by atoms with Crippen LogP contribution in [-0.4, -0.2) is 10.8 Å². The number of nitrogens with two attached hydrogens (primary N) is 1. The molecule has 3 N–H and O–H groups in total. The predicted molar refractivity (Wildman–Crippen MR) is 110 cm³/mol. The molecule has 0 bridgehead atoms. The normalized spacial score (nSPS) is 11.6. The number of phenolic OH excluding ortho intramolecular Hbond substituents is 1. The van der Waals surface area contributed by atoms with E-state index in [0.717, 1.165) is 22.4 Å². The van der Waals surface area contributed by atoms with Crippen LogP contribution in [0.25, 0.3) is 0 Å². The molecule has 0 heterocycles. The van der Waals surface area contributed by atoms with Crippen LogP contribution in [-0.2, 0) is 0 Å². The van der Waals surface area contributed by atoms with E-state index in [9.17, 15) is 5.11 Å². The molecule has 0 aliphatic rings. The highest BCUT2D eigenvalue weighted by Gasteiger charge is 2.16. The number of hydrogen-bond donors (Lipinski definition) is 2. The van der Waals surface area contributed by atoms with Gasteiger partial charge in [-0.05, 0) is 62.1 Å². The van der Waals surface area contributed by atoms with Crippen LogP contribution >= 0.6 is 0 Å². The Balaban J connectivity index is 2.33. The average molecular weight is 344 g/mol. The Morgan fingerprint density at radius 1 is 0.769 bits per heavy atom. The van der Waals surface area contributed by atoms with E-state index in [0.29, 0.717) is 17.0 Å². The summed E-state index contributed by atoms with van der Waals surface area (Å²) in [4.78, 5) is 4.95. The zero-order valence-electron chi connectivity index (χ0n) is 15.7. The first kappa shape index (κ1) is 17.7. The minimum atomic E-state index is 0.201. The molecule has 0 aliphatic carbocycles. The number of hydrogen-bond acceptors (Lipinski definition) is 3. The molecule has 0 fully saturated rings. The summed E-state index contributed by atoms with van der Waals surface area (Å²) in [6.45, 7) is 8.25. The van der Waals surface area contributed by atoms with Gasteiger partial charge in [-0.15, -0.1) is 0 Å². The van der Waals surface area contributed by atoms with E-state index < -0.39 is 0 Å². The monoisotopic (exact) mass is 344 g/mol. The Hall–Kier alpha value is -3.07. The molecule has 132 valence electrons. The Morgan fingerprint density at radius 2 is 1.35 bits per heavy atom. The van der Waals surface area contributed by atoms with E-state index in [1.807, 2.05) is 56.3 Å². The van der Waals surface area contributed by atoms with Crippen LogP contribution in [0.3, 0.4) is 0 Å². The third-order valence-corrected chi connectivity index (χ3v) is 5.13. The van der Waals surface area contributed by atoms with Gasteiger partial charge in [-0.3, -0.25) is 0 Å². The maximum Gasteiger partial charge on any atom is 0.124 e. The van der Waals surface area contributed by atoms with E-state index in [-0.39, 0.29) is 5.75 Å². The molecule has 0 saturated carbocycles. The smallest absolute Gasteiger partial charge is 0.124 e. The number of rotatable bonds is 3. The van der Waals surface area contributed by atoms with Gasteiger partial charge in [0.05, 0.1) is 17.1 Å². The van der Waals surface area contributed by atoms with E-state index in [1.165, 1.54) is 11.1 Å². The SMILES string of the molecule is Cc1c(C)c(C)c(N=C(c2ccccc2)c2ccccc2O)c(N)c1C. The topological polar surface area (TPSA) is 58.6 Å². The lowest BCUT2D eigenvalue weighted by atomic mass is 9.95. The van der Waals surface area contributed by atoms with Gasteiger partial charge in [0, 0.05) is 11.1 Å². The summed E-state index contributed by atoms with van der Waals surface area (Å²) in [7, 11) is 0. The first-order chi connectivity index (χ1) is 12.4. The average Bonchev–Trinajstić information content (AvgIpc) is 2.66. The third-order valence-electron chi connectivity index (χ3n) is 5.13. The van der Waals surface area contributed by atoms with Gasteiger partial charge in [0.15, 0.2) is 0 Å². The van der Waals surface area contributed by atoms with Crippen molar-refractivity contribution in [2.45, 2.75) is 27.7 Å². The second-order valence-electron chi connectivity index (χ2n) is 6.61. The number of phenols is 1. The van der Waals surface area contributed by atoms with Gasteiger partial charge >= 0.3 is 0 Å². The summed E-state index contributed by atoms with van der Waals surface area (Å²) in [5.74, 6) is 0.201. The third kappa shape index (κ3) is 3.08. The van der Waals surface area contributed by atoms with E-state index in [1.54, 1.807) is 12.1 Å². The fraction of sp³-hybridized carbons (Fsp3) is 0.174. The van der Waals surface area contributed by atoms with Crippen molar-refractivity contribution in [3.8, 4) is 5.75 Å². The first-order valence-electron chi connectivity index (χ1n) is 8.70. The van der Waals surface area contributed by atoms with Gasteiger partial charge in [-0.1, -0.05) is 42.5 Å². The zero-order chi connectivity index (χ0) is 18.8. The van der Waals surface area contributed by atoms with Crippen LogP contribution in [0.5, 0.6) is 5.75 Å². The maximum atomic E-state index is 10.4. The molecule has 0 unspecified atom stereocenters. The Morgan fingerprint density at radius 3 is 2.00 bits per heavy atom. The highest BCUT2D eigenvalue weighted by Crippen LogP contribution is 2.36. The predicted octanol–water partition coefficient (Wildman–Crippen LogP) is 5.38. The zero-order valence-corrected chi connectivity index (χ0v) is 15.7. The molecule has 0 atom stereocenters. The molecule has 3 heteroatoms. The van der Waals surface area contributed by atoms with Crippen LogP contribution in [0.15, 0.2) is 59.6 Å². The molecule has 26 heavy (non-hydrogen) atoms. The fourth-order valence-electron chi connectivity index (χ4n) is 3.13. The molecule has 3 aromatic rings. The molecule has 0 aliphatic heterocycles. The van der Waals surface area contributed by atoms with Gasteiger partial charge < -0.3 is 10.8 Å². The minimum absolute atomic E-state index is 0.201. The molecule has 3 aromatic carbocycles. The summed E-state index contributed by atoms with van der Waals surface area (Å²) in [6.07, 6.45) is 0. The summed E-state index contributed by atoms with van der Waals surface area (Å²) >= 11 is 0. The summed E-state index contributed by atoms with van der Waals surface area (Å²) in [5, 5.41) is 10.4. The van der Waals surface area contributed by atoms with Crippen molar-refractivity contribution >= 4 is 17.1 Å². The van der Waals surface area contributed by atoms with E-state index in [2.05, 4.69) is 13.8 Å². The number of aliphatic imine (C=N–C) groups is 1. The fourth-order valence-corrected chi connectivity index (χ4v) is 3.13. The number of benzene rings is 3. The van der Waals surface area contributed by atoms with Gasteiger partial charge in [0.2, 0.25) is 0 Å². The van der Waals surface area contributed by atoms with Crippen molar-refractivity contribution in [2.75, 3.05) is 5.73 Å². The molecule has 0 radical (unpaired) electrons. The van der Waals surface area contributed by atoms with Crippen LogP contribution in [0.1, 0.15) is 33.4 Å². The van der Waals surface area contributed by atoms with Crippen molar-refractivity contribution in [1.29, 1.82) is 0 Å². The lowest BCUT2D eigenvalue weighted by molar-refractivity contribution is 0.474. The van der Waals surface area contributed by atoms with E-state index in [4.69, 9.17) is 10.7 Å². The summed E-state index contributed by atoms with van der Waals surface area (Å²) in [5.41, 5.74) is 14.7. The van der Waals surface area contributed by atoms with Crippen molar-refractivity contribution in [3.05, 3.63) is 88.0 Å². The van der Waals surface area contributed by atoms with Crippen LogP contribution in [0, 0.1) is 27.7 Å². The van der Waals surface area contributed by atoms with Crippen molar-refractivity contribution < 1.29 is 5.11 Å². The number of aromatic hydroxyl groups is 1. The minimum Gasteiger partial charge on any atom is -0.507 e. The van der Waals surface area contributed by atoms with Gasteiger partial charge in [0.1, 0.15) is 5.75 Å². The first-order valence-corrected chi connectivity index (χ1v) is 8.70. The van der Waals surface area contributed by atoms with Gasteiger partial charge in [-0.2, -0.15) is 0 Å². The molecule has 0 aromatic heterocycles. The Kier molecular flexibility index (Phi) is 4.81. The molecule has 0 spiro atoms. The lowest BCUT2D eigenvalue weighted by Crippen LogP contribution is -2.05. The molecule has 0 saturated heterocycles. The number of para-hydroxylation sites is 1. The molecular weight excluding hydrogens is 320 g/mol. The lowest BCUT2D eigenvalue weighted by Gasteiger charge is -2.17. The molecular formula is C23H24N2O. The highest BCUT2D eigenvalue weighted by atomic mass is 16.3. The van der Waals surface area contributed by atoms with Crippen molar-refractivity contribution in [2.24, 2.45) is 4.99 Å². The van der Waals surface area contributed by atoms with Crippen molar-refractivity contribution in [1.82, 2.24) is 0 Å². The second-order valence-corrected chi connectivity index (χ2v) is 6.61. The highest BCUT2D eigenvalue weighted by molar-refractivity contribution is 6.15. The molecule has 3 nitrogen and oxygen atoms in total. The quantitative estimate of drug-likeness (QED) is 0.495. The second kappa shape index (κ2) is 7.04. The van der Waals surface area contributed by atoms with E-state index >= 15 is 0 Å². The summed E-state index contributed by atoms with van der Waals surface area (Å²) < 4.78 is 0.